The third-order valence-electron chi connectivity index (χ3n) is 8.50. The number of rotatable bonds is 4. The lowest BCUT2D eigenvalue weighted by atomic mass is 9.79. The first kappa shape index (κ1) is 23.6. The normalized spacial score (nSPS) is 18.2. The summed E-state index contributed by atoms with van der Waals surface area (Å²) in [4.78, 5) is 47.8. The Morgan fingerprint density at radius 1 is 0.976 bits per heavy atom. The molecule has 0 saturated carbocycles. The van der Waals surface area contributed by atoms with Crippen LogP contribution < -0.4 is 16.0 Å². The van der Waals surface area contributed by atoms with Crippen molar-refractivity contribution in [2.75, 3.05) is 16.0 Å². The molecule has 41 heavy (non-hydrogen) atoms. The zero-order valence-corrected chi connectivity index (χ0v) is 21.9. The Kier molecular flexibility index (Phi) is 4.94. The predicted molar refractivity (Wildman–Crippen MR) is 155 cm³/mol. The van der Waals surface area contributed by atoms with E-state index in [2.05, 4.69) is 25.9 Å². The van der Waals surface area contributed by atoms with E-state index in [0.717, 1.165) is 50.1 Å². The molecule has 5 heterocycles. The number of fused-ring (bicyclic) bond motifs is 3. The number of amides is 3. The van der Waals surface area contributed by atoms with Crippen LogP contribution in [0.2, 0.25) is 0 Å². The molecule has 3 N–H and O–H groups in total. The van der Waals surface area contributed by atoms with Crippen molar-refractivity contribution < 1.29 is 14.4 Å². The van der Waals surface area contributed by atoms with Gasteiger partial charge < -0.3 is 20.5 Å². The number of anilines is 3. The molecule has 3 aromatic heterocycles. The van der Waals surface area contributed by atoms with Crippen molar-refractivity contribution in [3.63, 3.8) is 0 Å². The van der Waals surface area contributed by atoms with Crippen LogP contribution in [0.5, 0.6) is 0 Å². The van der Waals surface area contributed by atoms with E-state index in [0.29, 0.717) is 24.3 Å². The van der Waals surface area contributed by atoms with Crippen LogP contribution in [0, 0.1) is 0 Å². The molecule has 200 valence electrons. The Morgan fingerprint density at radius 2 is 1.85 bits per heavy atom. The molecular weight excluding hydrogens is 516 g/mol. The summed E-state index contributed by atoms with van der Waals surface area (Å²) in [6.45, 7) is 0.0564. The first-order chi connectivity index (χ1) is 20.0. The van der Waals surface area contributed by atoms with Crippen LogP contribution >= 0.6 is 0 Å². The molecule has 1 unspecified atom stereocenters. The van der Waals surface area contributed by atoms with Crippen molar-refractivity contribution in [3.8, 4) is 11.3 Å². The maximum atomic E-state index is 13.5. The second-order valence-corrected chi connectivity index (χ2v) is 10.9. The first-order valence-electron chi connectivity index (χ1n) is 13.5. The van der Waals surface area contributed by atoms with Gasteiger partial charge in [-0.1, -0.05) is 18.2 Å². The lowest BCUT2D eigenvalue weighted by molar-refractivity contribution is -0.120. The summed E-state index contributed by atoms with van der Waals surface area (Å²) in [5, 5.41) is 9.92. The lowest BCUT2D eigenvalue weighted by Crippen LogP contribution is -2.35. The van der Waals surface area contributed by atoms with E-state index < -0.39 is 5.41 Å². The van der Waals surface area contributed by atoms with Crippen LogP contribution in [0.3, 0.4) is 0 Å². The number of nitrogens with zero attached hydrogens (tertiary/aromatic N) is 3. The van der Waals surface area contributed by atoms with Gasteiger partial charge in [0.25, 0.3) is 0 Å². The van der Waals surface area contributed by atoms with E-state index in [1.165, 1.54) is 0 Å². The SMILES string of the molecule is O=C(Cn1c(-c2cccnc2)c2c3c(cccc31)NC(=O)C2)Nc1ccc2c(c1)CC1(C2)C(=O)Nc2ncccc21. The highest BCUT2D eigenvalue weighted by Gasteiger charge is 2.51. The van der Waals surface area contributed by atoms with Gasteiger partial charge in [-0.3, -0.25) is 19.4 Å². The van der Waals surface area contributed by atoms with Crippen LogP contribution in [0.4, 0.5) is 17.2 Å². The summed E-state index contributed by atoms with van der Waals surface area (Å²) in [6.07, 6.45) is 6.53. The van der Waals surface area contributed by atoms with Crippen molar-refractivity contribution >= 4 is 45.8 Å². The van der Waals surface area contributed by atoms with Crippen LogP contribution in [0.1, 0.15) is 22.3 Å². The second kappa shape index (κ2) is 8.59. The second-order valence-electron chi connectivity index (χ2n) is 10.9. The number of benzene rings is 2. The lowest BCUT2D eigenvalue weighted by Gasteiger charge is -2.20. The molecule has 1 atom stereocenters. The van der Waals surface area contributed by atoms with E-state index in [4.69, 9.17) is 0 Å². The van der Waals surface area contributed by atoms with Crippen molar-refractivity contribution in [1.82, 2.24) is 14.5 Å². The summed E-state index contributed by atoms with van der Waals surface area (Å²) < 4.78 is 1.97. The minimum absolute atomic E-state index is 0.0316. The number of nitrogens with one attached hydrogen (secondary N) is 3. The highest BCUT2D eigenvalue weighted by molar-refractivity contribution is 6.12. The number of carbonyl (C=O) groups is 3. The third kappa shape index (κ3) is 3.52. The molecule has 0 saturated heterocycles. The topological polar surface area (TPSA) is 118 Å². The van der Waals surface area contributed by atoms with Crippen molar-refractivity contribution in [3.05, 3.63) is 102 Å². The Hall–Kier alpha value is -5.31. The summed E-state index contributed by atoms with van der Waals surface area (Å²) >= 11 is 0. The van der Waals surface area contributed by atoms with Crippen LogP contribution in [-0.4, -0.2) is 32.3 Å². The molecule has 8 rings (SSSR count). The quantitative estimate of drug-likeness (QED) is 0.316. The van der Waals surface area contributed by atoms with Crippen molar-refractivity contribution in [2.24, 2.45) is 0 Å². The van der Waals surface area contributed by atoms with Gasteiger partial charge in [-0.15, -0.1) is 0 Å². The zero-order valence-electron chi connectivity index (χ0n) is 21.9. The first-order valence-corrected chi connectivity index (χ1v) is 13.5. The summed E-state index contributed by atoms with van der Waals surface area (Å²) in [7, 11) is 0. The Balaban J connectivity index is 1.12. The van der Waals surface area contributed by atoms with Gasteiger partial charge in [0.1, 0.15) is 12.4 Å². The maximum absolute atomic E-state index is 13.5. The van der Waals surface area contributed by atoms with Gasteiger partial charge in [0.15, 0.2) is 0 Å². The minimum atomic E-state index is -0.664. The molecular formula is C32H24N6O3. The van der Waals surface area contributed by atoms with Gasteiger partial charge in [0, 0.05) is 40.8 Å². The Morgan fingerprint density at radius 3 is 2.73 bits per heavy atom. The number of carbonyl (C=O) groups excluding carboxylic acids is 3. The van der Waals surface area contributed by atoms with E-state index in [1.807, 2.05) is 65.2 Å². The highest BCUT2D eigenvalue weighted by Crippen LogP contribution is 2.47. The molecule has 9 heteroatoms. The molecule has 3 amide bonds. The van der Waals surface area contributed by atoms with Crippen molar-refractivity contribution in [2.45, 2.75) is 31.2 Å². The predicted octanol–water partition coefficient (Wildman–Crippen LogP) is 4.22. The standard InChI is InChI=1S/C32H24N6O3/c39-26-13-22-28-24(36-26)6-1-7-25(28)38(29(22)19-4-2-10-33-16-19)17-27(40)35-21-9-8-18-14-32(15-20(18)12-21)23-5-3-11-34-30(23)37-31(32)41/h1-12,16H,13-15,17H2,(H,35,40)(H,36,39)(H,34,37,41). The van der Waals surface area contributed by atoms with Gasteiger partial charge in [0.05, 0.1) is 28.7 Å². The van der Waals surface area contributed by atoms with Crippen LogP contribution in [0.15, 0.2) is 79.3 Å². The Bertz CT molecular complexity index is 1950. The summed E-state index contributed by atoms with van der Waals surface area (Å²) in [6, 6.07) is 19.2. The number of hydrogen-bond acceptors (Lipinski definition) is 5. The summed E-state index contributed by atoms with van der Waals surface area (Å²) in [5.74, 6) is 0.326. The molecule has 9 nitrogen and oxygen atoms in total. The Labute approximate surface area is 234 Å². The molecule has 0 fully saturated rings. The average Bonchev–Trinajstić information content (AvgIpc) is 3.59. The monoisotopic (exact) mass is 540 g/mol. The van der Waals surface area contributed by atoms with E-state index in [9.17, 15) is 14.4 Å². The van der Waals surface area contributed by atoms with Gasteiger partial charge in [-0.25, -0.2) is 4.98 Å². The fourth-order valence-electron chi connectivity index (χ4n) is 6.80. The smallest absolute Gasteiger partial charge is 0.244 e. The number of hydrogen-bond donors (Lipinski definition) is 3. The van der Waals surface area contributed by atoms with E-state index >= 15 is 0 Å². The average molecular weight is 541 g/mol. The molecule has 0 bridgehead atoms. The van der Waals surface area contributed by atoms with Crippen molar-refractivity contribution in [1.29, 1.82) is 0 Å². The van der Waals surface area contributed by atoms with Crippen LogP contribution in [0.25, 0.3) is 22.2 Å². The molecule has 2 aromatic carbocycles. The highest BCUT2D eigenvalue weighted by atomic mass is 16.2. The molecule has 0 radical (unpaired) electrons. The van der Waals surface area contributed by atoms with E-state index in [1.54, 1.807) is 18.6 Å². The fourth-order valence-corrected chi connectivity index (χ4v) is 6.80. The van der Waals surface area contributed by atoms with Gasteiger partial charge in [-0.05, 0) is 72.0 Å². The molecule has 5 aromatic rings. The minimum Gasteiger partial charge on any atom is -0.331 e. The largest absolute Gasteiger partial charge is 0.331 e. The number of aromatic nitrogens is 3. The van der Waals surface area contributed by atoms with Gasteiger partial charge in [-0.2, -0.15) is 0 Å². The molecule has 2 aliphatic heterocycles. The number of pyridine rings is 2. The molecule has 1 aliphatic carbocycles. The van der Waals surface area contributed by atoms with Gasteiger partial charge in [0.2, 0.25) is 17.7 Å². The summed E-state index contributed by atoms with van der Waals surface area (Å²) in [5.41, 5.74) is 7.26. The molecule has 3 aliphatic rings. The molecule has 1 spiro atoms. The fraction of sp³-hybridized carbons (Fsp3) is 0.156. The maximum Gasteiger partial charge on any atom is 0.244 e. The third-order valence-corrected chi connectivity index (χ3v) is 8.50. The van der Waals surface area contributed by atoms with Crippen LogP contribution in [-0.2, 0) is 45.6 Å². The zero-order chi connectivity index (χ0) is 27.7. The van der Waals surface area contributed by atoms with Gasteiger partial charge >= 0.3 is 0 Å². The van der Waals surface area contributed by atoms with E-state index in [-0.39, 0.29) is 30.7 Å².